The van der Waals surface area contributed by atoms with Crippen LogP contribution in [0.15, 0.2) is 52.0 Å². The van der Waals surface area contributed by atoms with Crippen LogP contribution in [0.25, 0.3) is 0 Å². The minimum absolute atomic E-state index is 0.0164. The van der Waals surface area contributed by atoms with Crippen molar-refractivity contribution >= 4 is 58.0 Å². The number of aromatic carboxylic acids is 1. The molecular formula is C17H13N4O4S2-. The SMILES string of the molecule is O=C(C[C@@H]1S/C(=N/N=C\c2cccs2)NC1=O)Nc1ccc(C(=O)[O-])cc1. The molecule has 0 saturated carbocycles. The molecule has 8 nitrogen and oxygen atoms in total. The fraction of sp³-hybridized carbons (Fsp3) is 0.118. The van der Waals surface area contributed by atoms with Gasteiger partial charge in [0.15, 0.2) is 5.17 Å². The zero-order valence-electron chi connectivity index (χ0n) is 13.7. The van der Waals surface area contributed by atoms with Gasteiger partial charge in [-0.3, -0.25) is 9.59 Å². The Bertz CT molecular complexity index is 908. The average Bonchev–Trinajstić information content (AvgIpc) is 3.26. The standard InChI is InChI=1S/C17H14N4O4S2/c22-14(19-11-5-3-10(4-6-11)16(24)25)8-13-15(23)20-17(27-13)21-18-9-12-2-1-7-26-12/h1-7,9,13H,8H2,(H,19,22)(H,24,25)(H,20,21,23)/p-1/b18-9-/t13-/m0/s1. The summed E-state index contributed by atoms with van der Waals surface area (Å²) in [5.74, 6) is -1.97. The van der Waals surface area contributed by atoms with Crippen LogP contribution in [0.4, 0.5) is 5.69 Å². The number of carbonyl (C=O) groups excluding carboxylic acids is 3. The number of hydrogen-bond donors (Lipinski definition) is 2. The predicted molar refractivity (Wildman–Crippen MR) is 103 cm³/mol. The topological polar surface area (TPSA) is 123 Å². The van der Waals surface area contributed by atoms with Gasteiger partial charge in [-0.25, -0.2) is 0 Å². The van der Waals surface area contributed by atoms with E-state index >= 15 is 0 Å². The Hall–Kier alpha value is -2.98. The molecule has 1 atom stereocenters. The first kappa shape index (κ1) is 18.8. The molecule has 3 rings (SSSR count). The molecule has 2 N–H and O–H groups in total. The van der Waals surface area contributed by atoms with Crippen LogP contribution < -0.4 is 15.7 Å². The van der Waals surface area contributed by atoms with Gasteiger partial charge < -0.3 is 20.5 Å². The van der Waals surface area contributed by atoms with Crippen LogP contribution in [-0.4, -0.2) is 34.4 Å². The van der Waals surface area contributed by atoms with Gasteiger partial charge in [-0.15, -0.1) is 16.4 Å². The number of benzene rings is 1. The van der Waals surface area contributed by atoms with Crippen LogP contribution in [-0.2, 0) is 9.59 Å². The number of carboxylic acid groups (broad SMARTS) is 1. The second-order valence-electron chi connectivity index (χ2n) is 5.38. The first-order valence-corrected chi connectivity index (χ1v) is 9.50. The lowest BCUT2D eigenvalue weighted by Crippen LogP contribution is -2.28. The summed E-state index contributed by atoms with van der Waals surface area (Å²) in [6.07, 6.45) is 1.53. The fourth-order valence-corrected chi connectivity index (χ4v) is 3.66. The lowest BCUT2D eigenvalue weighted by Gasteiger charge is -2.08. The molecule has 0 unspecified atom stereocenters. The van der Waals surface area contributed by atoms with Crippen molar-refractivity contribution in [1.82, 2.24) is 5.32 Å². The largest absolute Gasteiger partial charge is 0.545 e. The van der Waals surface area contributed by atoms with Gasteiger partial charge in [0.05, 0.1) is 12.2 Å². The number of thioether (sulfide) groups is 1. The van der Waals surface area contributed by atoms with Gasteiger partial charge in [0.1, 0.15) is 5.25 Å². The lowest BCUT2D eigenvalue weighted by molar-refractivity contribution is -0.255. The molecule has 2 amide bonds. The summed E-state index contributed by atoms with van der Waals surface area (Å²) in [7, 11) is 0. The molecule has 138 valence electrons. The molecule has 1 fully saturated rings. The number of nitrogens with one attached hydrogen (secondary N) is 2. The smallest absolute Gasteiger partial charge is 0.240 e. The molecule has 10 heteroatoms. The Morgan fingerprint density at radius 1 is 1.26 bits per heavy atom. The maximum atomic E-state index is 12.1. The Morgan fingerprint density at radius 2 is 2.04 bits per heavy atom. The Kier molecular flexibility index (Phi) is 5.99. The number of anilines is 1. The third-order valence-electron chi connectivity index (χ3n) is 3.43. The number of carboxylic acids is 1. The molecule has 1 aromatic heterocycles. The van der Waals surface area contributed by atoms with Crippen LogP contribution in [0.5, 0.6) is 0 Å². The first-order chi connectivity index (χ1) is 13.0. The van der Waals surface area contributed by atoms with E-state index in [1.54, 1.807) is 6.21 Å². The summed E-state index contributed by atoms with van der Waals surface area (Å²) >= 11 is 2.65. The Balaban J connectivity index is 1.53. The molecule has 0 spiro atoms. The van der Waals surface area contributed by atoms with Gasteiger partial charge in [-0.05, 0) is 29.1 Å². The molecule has 2 aromatic rings. The third kappa shape index (κ3) is 5.25. The lowest BCUT2D eigenvalue weighted by atomic mass is 10.2. The number of rotatable bonds is 6. The van der Waals surface area contributed by atoms with Crippen LogP contribution >= 0.6 is 23.1 Å². The van der Waals surface area contributed by atoms with Gasteiger partial charge in [-0.1, -0.05) is 30.0 Å². The molecule has 27 heavy (non-hydrogen) atoms. The van der Waals surface area contributed by atoms with E-state index in [2.05, 4.69) is 20.8 Å². The number of hydrogen-bond acceptors (Lipinski definition) is 8. The minimum Gasteiger partial charge on any atom is -0.545 e. The van der Waals surface area contributed by atoms with Gasteiger partial charge in [0, 0.05) is 17.0 Å². The summed E-state index contributed by atoms with van der Waals surface area (Å²) < 4.78 is 0. The van der Waals surface area contributed by atoms with Crippen LogP contribution in [0, 0.1) is 0 Å². The van der Waals surface area contributed by atoms with E-state index in [9.17, 15) is 19.5 Å². The Labute approximate surface area is 162 Å². The van der Waals surface area contributed by atoms with E-state index < -0.39 is 11.2 Å². The van der Waals surface area contributed by atoms with E-state index in [4.69, 9.17) is 0 Å². The zero-order chi connectivity index (χ0) is 19.2. The third-order valence-corrected chi connectivity index (χ3v) is 5.31. The maximum Gasteiger partial charge on any atom is 0.240 e. The van der Waals surface area contributed by atoms with E-state index in [-0.39, 0.29) is 23.8 Å². The maximum absolute atomic E-state index is 12.1. The zero-order valence-corrected chi connectivity index (χ0v) is 15.4. The van der Waals surface area contributed by atoms with Crippen molar-refractivity contribution in [3.63, 3.8) is 0 Å². The second-order valence-corrected chi connectivity index (χ2v) is 7.55. The van der Waals surface area contributed by atoms with Crippen LogP contribution in [0.2, 0.25) is 0 Å². The van der Waals surface area contributed by atoms with Crippen molar-refractivity contribution in [2.45, 2.75) is 11.7 Å². The highest BCUT2D eigenvalue weighted by Crippen LogP contribution is 2.23. The van der Waals surface area contributed by atoms with Crippen molar-refractivity contribution in [3.8, 4) is 0 Å². The summed E-state index contributed by atoms with van der Waals surface area (Å²) in [4.78, 5) is 35.7. The molecule has 1 aromatic carbocycles. The highest BCUT2D eigenvalue weighted by atomic mass is 32.2. The summed E-state index contributed by atoms with van der Waals surface area (Å²) in [6, 6.07) is 9.36. The molecular weight excluding hydrogens is 388 g/mol. The molecule has 0 bridgehead atoms. The second kappa shape index (κ2) is 8.60. The number of amidine groups is 1. The first-order valence-electron chi connectivity index (χ1n) is 7.74. The van der Waals surface area contributed by atoms with Gasteiger partial charge >= 0.3 is 0 Å². The van der Waals surface area contributed by atoms with E-state index in [0.717, 1.165) is 16.6 Å². The minimum atomic E-state index is -1.29. The fourth-order valence-electron chi connectivity index (χ4n) is 2.16. The number of amides is 2. The van der Waals surface area contributed by atoms with Gasteiger partial charge in [0.2, 0.25) is 11.8 Å². The van der Waals surface area contributed by atoms with Crippen LogP contribution in [0.1, 0.15) is 21.7 Å². The van der Waals surface area contributed by atoms with E-state index in [0.29, 0.717) is 10.9 Å². The number of nitrogens with zero attached hydrogens (tertiary/aromatic N) is 2. The quantitative estimate of drug-likeness (QED) is 0.553. The normalized spacial score (nSPS) is 18.0. The van der Waals surface area contributed by atoms with Crippen LogP contribution in [0.3, 0.4) is 0 Å². The summed E-state index contributed by atoms with van der Waals surface area (Å²) in [6.45, 7) is 0. The number of carbonyl (C=O) groups is 3. The summed E-state index contributed by atoms with van der Waals surface area (Å²) in [5.41, 5.74) is 0.450. The molecule has 0 aliphatic carbocycles. The Morgan fingerprint density at radius 3 is 2.70 bits per heavy atom. The average molecular weight is 401 g/mol. The molecule has 1 saturated heterocycles. The highest BCUT2D eigenvalue weighted by molar-refractivity contribution is 8.15. The van der Waals surface area contributed by atoms with Gasteiger partial charge in [-0.2, -0.15) is 5.10 Å². The van der Waals surface area contributed by atoms with Gasteiger partial charge in [0.25, 0.3) is 0 Å². The molecule has 0 radical (unpaired) electrons. The number of thiophene rings is 1. The predicted octanol–water partition coefficient (Wildman–Crippen LogP) is 1.06. The highest BCUT2D eigenvalue weighted by Gasteiger charge is 2.32. The van der Waals surface area contributed by atoms with Crippen molar-refractivity contribution < 1.29 is 19.5 Å². The van der Waals surface area contributed by atoms with Crippen molar-refractivity contribution in [3.05, 3.63) is 52.2 Å². The summed E-state index contributed by atoms with van der Waals surface area (Å²) in [5, 5.41) is 25.4. The van der Waals surface area contributed by atoms with Crippen molar-refractivity contribution in [1.29, 1.82) is 0 Å². The van der Waals surface area contributed by atoms with E-state index in [1.165, 1.54) is 35.6 Å². The molecule has 2 heterocycles. The van der Waals surface area contributed by atoms with Crippen molar-refractivity contribution in [2.75, 3.05) is 5.32 Å². The molecule has 1 aliphatic heterocycles. The van der Waals surface area contributed by atoms with Crippen molar-refractivity contribution in [2.24, 2.45) is 10.2 Å². The monoisotopic (exact) mass is 401 g/mol. The molecule has 1 aliphatic rings. The van der Waals surface area contributed by atoms with E-state index in [1.807, 2.05) is 17.5 Å².